The molecule has 6 nitrogen and oxygen atoms in total. The number of rotatable bonds is 2. The van der Waals surface area contributed by atoms with E-state index in [9.17, 15) is 14.7 Å². The summed E-state index contributed by atoms with van der Waals surface area (Å²) in [6.07, 6.45) is 3.68. The quantitative estimate of drug-likeness (QED) is 0.779. The van der Waals surface area contributed by atoms with E-state index in [1.54, 1.807) is 0 Å². The number of carboxylic acid groups (broad SMARTS) is 1. The van der Waals surface area contributed by atoms with Gasteiger partial charge < -0.3 is 15.1 Å². The number of carbonyl (C=O) groups excluding carboxylic acids is 1. The molecule has 1 fully saturated rings. The van der Waals surface area contributed by atoms with Crippen LogP contribution >= 0.6 is 0 Å². The van der Waals surface area contributed by atoms with Gasteiger partial charge in [0.05, 0.1) is 11.8 Å². The Morgan fingerprint density at radius 1 is 1.41 bits per heavy atom. The molecule has 1 aliphatic heterocycles. The minimum atomic E-state index is -0.996. The van der Waals surface area contributed by atoms with Gasteiger partial charge in [-0.3, -0.25) is 9.78 Å². The highest BCUT2D eigenvalue weighted by molar-refractivity contribution is 5.96. The first-order chi connectivity index (χ1) is 8.09. The zero-order valence-electron chi connectivity index (χ0n) is 9.04. The van der Waals surface area contributed by atoms with Gasteiger partial charge in [-0.05, 0) is 18.9 Å². The first-order valence-electron chi connectivity index (χ1n) is 5.27. The predicted octanol–water partition coefficient (Wildman–Crippen LogP) is 0.476. The van der Waals surface area contributed by atoms with Gasteiger partial charge in [-0.25, -0.2) is 4.79 Å². The van der Waals surface area contributed by atoms with Gasteiger partial charge in [-0.15, -0.1) is 0 Å². The molecule has 1 atom stereocenters. The largest absolute Gasteiger partial charge is 0.506 e. The van der Waals surface area contributed by atoms with E-state index in [1.807, 2.05) is 0 Å². The maximum atomic E-state index is 12.0. The van der Waals surface area contributed by atoms with E-state index in [0.29, 0.717) is 19.4 Å². The SMILES string of the molecule is O=C(O)C1CCCN1C(=O)c1cncc(O)c1. The second-order valence-corrected chi connectivity index (χ2v) is 3.93. The number of carbonyl (C=O) groups is 2. The van der Waals surface area contributed by atoms with Crippen LogP contribution in [0.4, 0.5) is 0 Å². The minimum absolute atomic E-state index is 0.109. The number of aromatic hydroxyl groups is 1. The number of hydrogen-bond donors (Lipinski definition) is 2. The standard InChI is InChI=1S/C11H12N2O4/c14-8-4-7(5-12-6-8)10(15)13-3-1-2-9(13)11(16)17/h4-6,9,14H,1-3H2,(H,16,17). The average molecular weight is 236 g/mol. The molecule has 1 aliphatic rings. The van der Waals surface area contributed by atoms with Crippen LogP contribution in [0.5, 0.6) is 5.75 Å². The summed E-state index contributed by atoms with van der Waals surface area (Å²) in [5.74, 6) is -1.51. The number of likely N-dealkylation sites (tertiary alicyclic amines) is 1. The van der Waals surface area contributed by atoms with Gasteiger partial charge in [0, 0.05) is 12.7 Å². The van der Waals surface area contributed by atoms with Crippen molar-refractivity contribution in [3.63, 3.8) is 0 Å². The molecule has 2 N–H and O–H groups in total. The van der Waals surface area contributed by atoms with Gasteiger partial charge in [0.25, 0.3) is 5.91 Å². The Bertz CT molecular complexity index is 461. The van der Waals surface area contributed by atoms with Gasteiger partial charge in [-0.2, -0.15) is 0 Å². The predicted molar refractivity (Wildman–Crippen MR) is 57.6 cm³/mol. The fourth-order valence-electron chi connectivity index (χ4n) is 1.98. The van der Waals surface area contributed by atoms with Gasteiger partial charge in [0.15, 0.2) is 0 Å². The summed E-state index contributed by atoms with van der Waals surface area (Å²) in [6, 6.07) is 0.511. The van der Waals surface area contributed by atoms with Crippen molar-refractivity contribution in [2.24, 2.45) is 0 Å². The fourth-order valence-corrected chi connectivity index (χ4v) is 1.98. The molecular weight excluding hydrogens is 224 g/mol. The summed E-state index contributed by atoms with van der Waals surface area (Å²) in [5.41, 5.74) is 0.207. The molecule has 0 saturated carbocycles. The molecule has 2 rings (SSSR count). The smallest absolute Gasteiger partial charge is 0.326 e. The van der Waals surface area contributed by atoms with Crippen LogP contribution in [0.1, 0.15) is 23.2 Å². The first kappa shape index (κ1) is 11.4. The van der Waals surface area contributed by atoms with Crippen LogP contribution < -0.4 is 0 Å². The molecule has 1 aromatic rings. The lowest BCUT2D eigenvalue weighted by molar-refractivity contribution is -0.141. The third-order valence-corrected chi connectivity index (χ3v) is 2.77. The molecule has 0 radical (unpaired) electrons. The number of hydrogen-bond acceptors (Lipinski definition) is 4. The Balaban J connectivity index is 2.23. The summed E-state index contributed by atoms with van der Waals surface area (Å²) >= 11 is 0. The Morgan fingerprint density at radius 2 is 2.18 bits per heavy atom. The van der Waals surface area contributed by atoms with Crippen LogP contribution in [0.2, 0.25) is 0 Å². The topological polar surface area (TPSA) is 90.7 Å². The molecule has 1 aromatic heterocycles. The van der Waals surface area contributed by atoms with Crippen LogP contribution in [-0.4, -0.2) is 44.6 Å². The van der Waals surface area contributed by atoms with Crippen molar-refractivity contribution in [3.05, 3.63) is 24.0 Å². The molecule has 1 amide bonds. The van der Waals surface area contributed by atoms with Crippen molar-refractivity contribution in [2.75, 3.05) is 6.54 Å². The fraction of sp³-hybridized carbons (Fsp3) is 0.364. The molecule has 2 heterocycles. The van der Waals surface area contributed by atoms with Crippen LogP contribution in [0.3, 0.4) is 0 Å². The second kappa shape index (κ2) is 4.40. The molecular formula is C11H12N2O4. The highest BCUT2D eigenvalue weighted by Gasteiger charge is 2.34. The van der Waals surface area contributed by atoms with Crippen molar-refractivity contribution in [3.8, 4) is 5.75 Å². The summed E-state index contributed by atoms with van der Waals surface area (Å²) < 4.78 is 0. The van der Waals surface area contributed by atoms with E-state index >= 15 is 0 Å². The Labute approximate surface area is 97.5 Å². The Hall–Kier alpha value is -2.11. The third-order valence-electron chi connectivity index (χ3n) is 2.77. The Kier molecular flexibility index (Phi) is 2.95. The van der Waals surface area contributed by atoms with Crippen molar-refractivity contribution >= 4 is 11.9 Å². The molecule has 1 saturated heterocycles. The maximum absolute atomic E-state index is 12.0. The van der Waals surface area contributed by atoms with Crippen LogP contribution in [-0.2, 0) is 4.79 Å². The van der Waals surface area contributed by atoms with E-state index < -0.39 is 17.9 Å². The highest BCUT2D eigenvalue weighted by atomic mass is 16.4. The third kappa shape index (κ3) is 2.20. The summed E-state index contributed by atoms with van der Waals surface area (Å²) in [5, 5.41) is 18.2. The summed E-state index contributed by atoms with van der Waals surface area (Å²) in [7, 11) is 0. The molecule has 90 valence electrons. The molecule has 17 heavy (non-hydrogen) atoms. The van der Waals surface area contributed by atoms with E-state index in [1.165, 1.54) is 23.4 Å². The number of aliphatic carboxylic acids is 1. The van der Waals surface area contributed by atoms with E-state index in [-0.39, 0.29) is 11.3 Å². The molecule has 0 aliphatic carbocycles. The monoisotopic (exact) mass is 236 g/mol. The van der Waals surface area contributed by atoms with Crippen LogP contribution in [0, 0.1) is 0 Å². The van der Waals surface area contributed by atoms with E-state index in [2.05, 4.69) is 4.98 Å². The number of nitrogens with zero attached hydrogens (tertiary/aromatic N) is 2. The molecule has 1 unspecified atom stereocenters. The summed E-state index contributed by atoms with van der Waals surface area (Å²) in [4.78, 5) is 28.0. The zero-order chi connectivity index (χ0) is 12.4. The highest BCUT2D eigenvalue weighted by Crippen LogP contribution is 2.21. The zero-order valence-corrected chi connectivity index (χ0v) is 9.04. The molecule has 0 bridgehead atoms. The lowest BCUT2D eigenvalue weighted by Crippen LogP contribution is -2.40. The van der Waals surface area contributed by atoms with Gasteiger partial charge >= 0.3 is 5.97 Å². The second-order valence-electron chi connectivity index (χ2n) is 3.93. The van der Waals surface area contributed by atoms with Crippen molar-refractivity contribution < 1.29 is 19.8 Å². The average Bonchev–Trinajstić information content (AvgIpc) is 2.77. The number of pyridine rings is 1. The van der Waals surface area contributed by atoms with Crippen molar-refractivity contribution in [1.82, 2.24) is 9.88 Å². The first-order valence-corrected chi connectivity index (χ1v) is 5.27. The van der Waals surface area contributed by atoms with Gasteiger partial charge in [0.2, 0.25) is 0 Å². The van der Waals surface area contributed by atoms with Crippen LogP contribution in [0.25, 0.3) is 0 Å². The number of amides is 1. The summed E-state index contributed by atoms with van der Waals surface area (Å²) in [6.45, 7) is 0.422. The van der Waals surface area contributed by atoms with Crippen molar-refractivity contribution in [2.45, 2.75) is 18.9 Å². The number of aromatic nitrogens is 1. The van der Waals surface area contributed by atoms with Crippen LogP contribution in [0.15, 0.2) is 18.5 Å². The maximum Gasteiger partial charge on any atom is 0.326 e. The number of carboxylic acids is 1. The van der Waals surface area contributed by atoms with Gasteiger partial charge in [-0.1, -0.05) is 0 Å². The molecule has 6 heteroatoms. The normalized spacial score (nSPS) is 19.3. The lowest BCUT2D eigenvalue weighted by Gasteiger charge is -2.21. The minimum Gasteiger partial charge on any atom is -0.506 e. The molecule has 0 aromatic carbocycles. The Morgan fingerprint density at radius 3 is 2.82 bits per heavy atom. The van der Waals surface area contributed by atoms with Crippen molar-refractivity contribution in [1.29, 1.82) is 0 Å². The van der Waals surface area contributed by atoms with E-state index in [0.717, 1.165) is 0 Å². The lowest BCUT2D eigenvalue weighted by atomic mass is 10.2. The van der Waals surface area contributed by atoms with Gasteiger partial charge in [0.1, 0.15) is 11.8 Å². The molecule has 0 spiro atoms. The van der Waals surface area contributed by atoms with E-state index in [4.69, 9.17) is 5.11 Å².